The van der Waals surface area contributed by atoms with E-state index in [0.717, 1.165) is 19.2 Å². The number of aliphatic hydroxyl groups is 1. The van der Waals surface area contributed by atoms with Crippen LogP contribution >= 0.6 is 0 Å². The molecule has 0 atom stereocenters. The number of rotatable bonds is 7. The molecule has 0 radical (unpaired) electrons. The summed E-state index contributed by atoms with van der Waals surface area (Å²) >= 11 is 0. The molecule has 0 aliphatic heterocycles. The Morgan fingerprint density at radius 3 is 2.88 bits per heavy atom. The molecule has 0 aliphatic carbocycles. The molecule has 1 aromatic heterocycles. The van der Waals surface area contributed by atoms with Gasteiger partial charge in [-0.1, -0.05) is 6.92 Å². The summed E-state index contributed by atoms with van der Waals surface area (Å²) < 4.78 is 13.2. The molecular formula is C10H17FN4O. The van der Waals surface area contributed by atoms with Crippen molar-refractivity contribution in [2.75, 3.05) is 30.3 Å². The number of hydrogen-bond acceptors (Lipinski definition) is 5. The number of hydrogen-bond donors (Lipinski definition) is 3. The van der Waals surface area contributed by atoms with Crippen LogP contribution < -0.4 is 10.6 Å². The van der Waals surface area contributed by atoms with Crippen molar-refractivity contribution in [3.05, 3.63) is 12.0 Å². The first-order valence-electron chi connectivity index (χ1n) is 5.39. The Labute approximate surface area is 94.1 Å². The molecule has 0 bridgehead atoms. The van der Waals surface area contributed by atoms with Gasteiger partial charge in [0.05, 0.1) is 6.20 Å². The Hall–Kier alpha value is -1.43. The second kappa shape index (κ2) is 6.95. The van der Waals surface area contributed by atoms with Gasteiger partial charge in [-0.25, -0.2) is 9.37 Å². The Morgan fingerprint density at radius 1 is 1.38 bits per heavy atom. The maximum absolute atomic E-state index is 13.2. The second-order valence-corrected chi connectivity index (χ2v) is 3.32. The minimum atomic E-state index is -0.486. The van der Waals surface area contributed by atoms with Crippen LogP contribution in [-0.4, -0.2) is 34.8 Å². The summed E-state index contributed by atoms with van der Waals surface area (Å²) in [5, 5.41) is 14.4. The summed E-state index contributed by atoms with van der Waals surface area (Å²) in [6, 6.07) is 0. The van der Waals surface area contributed by atoms with Crippen LogP contribution in [-0.2, 0) is 0 Å². The third-order valence-electron chi connectivity index (χ3n) is 1.90. The molecule has 0 unspecified atom stereocenters. The highest BCUT2D eigenvalue weighted by molar-refractivity contribution is 5.40. The first kappa shape index (κ1) is 12.6. The fraction of sp³-hybridized carbons (Fsp3) is 0.600. The maximum atomic E-state index is 13.2. The van der Waals surface area contributed by atoms with E-state index in [1.54, 1.807) is 0 Å². The van der Waals surface area contributed by atoms with Crippen LogP contribution in [0.2, 0.25) is 0 Å². The van der Waals surface area contributed by atoms with E-state index in [1.165, 1.54) is 0 Å². The topological polar surface area (TPSA) is 70.1 Å². The minimum absolute atomic E-state index is 0.0701. The van der Waals surface area contributed by atoms with E-state index in [0.29, 0.717) is 18.9 Å². The van der Waals surface area contributed by atoms with Crippen LogP contribution in [0.15, 0.2) is 6.20 Å². The summed E-state index contributed by atoms with van der Waals surface area (Å²) in [5.74, 6) is 0.0942. The fourth-order valence-electron chi connectivity index (χ4n) is 1.10. The van der Waals surface area contributed by atoms with Gasteiger partial charge in [-0.05, 0) is 12.8 Å². The number of nitrogens with zero attached hydrogens (tertiary/aromatic N) is 2. The van der Waals surface area contributed by atoms with Gasteiger partial charge in [0, 0.05) is 19.7 Å². The smallest absolute Gasteiger partial charge is 0.224 e. The standard InChI is InChI=1S/C10H17FN4O/c1-2-4-13-10-14-7-8(11)9(15-10)12-5-3-6-16/h7,16H,2-6H2,1H3,(H2,12,13,14,15). The number of halogens is 1. The van der Waals surface area contributed by atoms with Crippen molar-refractivity contribution >= 4 is 11.8 Å². The van der Waals surface area contributed by atoms with Crippen molar-refractivity contribution < 1.29 is 9.50 Å². The highest BCUT2D eigenvalue weighted by atomic mass is 19.1. The molecular weight excluding hydrogens is 211 g/mol. The third kappa shape index (κ3) is 3.98. The zero-order valence-corrected chi connectivity index (χ0v) is 9.33. The summed E-state index contributed by atoms with van der Waals surface area (Å²) in [6.45, 7) is 3.33. The molecule has 5 nitrogen and oxygen atoms in total. The molecule has 1 rings (SSSR count). The van der Waals surface area contributed by atoms with Gasteiger partial charge in [-0.15, -0.1) is 0 Å². The van der Waals surface area contributed by atoms with E-state index in [-0.39, 0.29) is 12.4 Å². The predicted molar refractivity (Wildman–Crippen MR) is 61.0 cm³/mol. The lowest BCUT2D eigenvalue weighted by atomic mass is 10.4. The maximum Gasteiger partial charge on any atom is 0.224 e. The molecule has 0 saturated carbocycles. The van der Waals surface area contributed by atoms with Crippen LogP contribution in [0.1, 0.15) is 19.8 Å². The van der Waals surface area contributed by atoms with Gasteiger partial charge in [-0.2, -0.15) is 4.98 Å². The molecule has 0 aliphatic rings. The highest BCUT2D eigenvalue weighted by Crippen LogP contribution is 2.11. The van der Waals surface area contributed by atoms with Crippen LogP contribution in [0.25, 0.3) is 0 Å². The molecule has 1 heterocycles. The summed E-state index contributed by atoms with van der Waals surface area (Å²) in [7, 11) is 0. The van der Waals surface area contributed by atoms with Crippen LogP contribution in [0.4, 0.5) is 16.2 Å². The monoisotopic (exact) mass is 228 g/mol. The lowest BCUT2D eigenvalue weighted by Crippen LogP contribution is -2.10. The van der Waals surface area contributed by atoms with Crippen molar-refractivity contribution in [3.8, 4) is 0 Å². The average molecular weight is 228 g/mol. The molecule has 90 valence electrons. The Balaban J connectivity index is 2.59. The van der Waals surface area contributed by atoms with E-state index in [1.807, 2.05) is 6.92 Å². The normalized spacial score (nSPS) is 10.2. The van der Waals surface area contributed by atoms with Crippen molar-refractivity contribution in [2.45, 2.75) is 19.8 Å². The molecule has 0 amide bonds. The average Bonchev–Trinajstić information content (AvgIpc) is 2.30. The van der Waals surface area contributed by atoms with Crippen LogP contribution in [0, 0.1) is 5.82 Å². The van der Waals surface area contributed by atoms with Crippen molar-refractivity contribution in [1.82, 2.24) is 9.97 Å². The molecule has 3 N–H and O–H groups in total. The molecule has 6 heteroatoms. The quantitative estimate of drug-likeness (QED) is 0.612. The molecule has 0 saturated heterocycles. The van der Waals surface area contributed by atoms with E-state index in [9.17, 15) is 4.39 Å². The zero-order chi connectivity index (χ0) is 11.8. The molecule has 0 aromatic carbocycles. The van der Waals surface area contributed by atoms with Gasteiger partial charge in [0.15, 0.2) is 11.6 Å². The van der Waals surface area contributed by atoms with E-state index in [4.69, 9.17) is 5.11 Å². The fourth-order valence-corrected chi connectivity index (χ4v) is 1.10. The van der Waals surface area contributed by atoms with Gasteiger partial charge < -0.3 is 15.7 Å². The number of nitrogens with one attached hydrogen (secondary N) is 2. The summed E-state index contributed by atoms with van der Waals surface area (Å²) in [4.78, 5) is 7.81. The van der Waals surface area contributed by atoms with Gasteiger partial charge in [0.1, 0.15) is 0 Å². The van der Waals surface area contributed by atoms with Gasteiger partial charge in [0.25, 0.3) is 0 Å². The summed E-state index contributed by atoms with van der Waals surface area (Å²) in [5.41, 5.74) is 0. The Kier molecular flexibility index (Phi) is 5.49. The lowest BCUT2D eigenvalue weighted by molar-refractivity contribution is 0.292. The van der Waals surface area contributed by atoms with Crippen molar-refractivity contribution in [3.63, 3.8) is 0 Å². The molecule has 1 aromatic rings. The minimum Gasteiger partial charge on any atom is -0.396 e. The van der Waals surface area contributed by atoms with Crippen molar-refractivity contribution in [1.29, 1.82) is 0 Å². The first-order chi connectivity index (χ1) is 7.77. The number of aliphatic hydroxyl groups excluding tert-OH is 1. The lowest BCUT2D eigenvalue weighted by Gasteiger charge is -2.08. The van der Waals surface area contributed by atoms with E-state index >= 15 is 0 Å². The molecule has 0 spiro atoms. The first-order valence-corrected chi connectivity index (χ1v) is 5.39. The number of aromatic nitrogens is 2. The van der Waals surface area contributed by atoms with E-state index in [2.05, 4.69) is 20.6 Å². The van der Waals surface area contributed by atoms with Crippen LogP contribution in [0.3, 0.4) is 0 Å². The van der Waals surface area contributed by atoms with Gasteiger partial charge in [0.2, 0.25) is 5.95 Å². The van der Waals surface area contributed by atoms with E-state index < -0.39 is 5.82 Å². The molecule has 0 fully saturated rings. The molecule has 16 heavy (non-hydrogen) atoms. The summed E-state index contributed by atoms with van der Waals surface area (Å²) in [6.07, 6.45) is 2.64. The zero-order valence-electron chi connectivity index (χ0n) is 9.33. The Morgan fingerprint density at radius 2 is 2.19 bits per heavy atom. The number of anilines is 2. The third-order valence-corrected chi connectivity index (χ3v) is 1.90. The van der Waals surface area contributed by atoms with Crippen molar-refractivity contribution in [2.24, 2.45) is 0 Å². The van der Waals surface area contributed by atoms with Crippen LogP contribution in [0.5, 0.6) is 0 Å². The van der Waals surface area contributed by atoms with Gasteiger partial charge >= 0.3 is 0 Å². The highest BCUT2D eigenvalue weighted by Gasteiger charge is 2.05. The SMILES string of the molecule is CCCNc1ncc(F)c(NCCCO)n1. The predicted octanol–water partition coefficient (Wildman–Crippen LogP) is 1.23. The Bertz CT molecular complexity index is 322. The largest absolute Gasteiger partial charge is 0.396 e. The second-order valence-electron chi connectivity index (χ2n) is 3.32. The van der Waals surface area contributed by atoms with Gasteiger partial charge in [-0.3, -0.25) is 0 Å².